The molecule has 0 aliphatic carbocycles. The van der Waals surface area contributed by atoms with Crippen LogP contribution in [0.5, 0.6) is 0 Å². The molecule has 1 rings (SSSR count). The first-order chi connectivity index (χ1) is 9.71. The van der Waals surface area contributed by atoms with Gasteiger partial charge in [0.25, 0.3) is 0 Å². The van der Waals surface area contributed by atoms with Gasteiger partial charge in [-0.3, -0.25) is 4.39 Å². The van der Waals surface area contributed by atoms with Gasteiger partial charge in [-0.25, -0.2) is 4.99 Å². The van der Waals surface area contributed by atoms with E-state index in [-0.39, 0.29) is 6.67 Å². The summed E-state index contributed by atoms with van der Waals surface area (Å²) in [6.45, 7) is 5.83. The van der Waals surface area contributed by atoms with E-state index >= 15 is 0 Å². The zero-order chi connectivity index (χ0) is 14.8. The molecule has 20 heavy (non-hydrogen) atoms. The van der Waals surface area contributed by atoms with Crippen LogP contribution in [0.1, 0.15) is 24.5 Å². The van der Waals surface area contributed by atoms with E-state index < -0.39 is 0 Å². The number of nitrogens with zero attached hydrogens (tertiary/aromatic N) is 1. The highest BCUT2D eigenvalue weighted by Gasteiger charge is 2.02. The summed E-state index contributed by atoms with van der Waals surface area (Å²) in [4.78, 5) is 5.81. The topological polar surface area (TPSA) is 36.4 Å². The number of rotatable bonds is 7. The zero-order valence-corrected chi connectivity index (χ0v) is 13.3. The molecule has 0 saturated heterocycles. The molecule has 0 atom stereocenters. The molecule has 0 amide bonds. The Balaban J connectivity index is 2.70. The van der Waals surface area contributed by atoms with Gasteiger partial charge in [-0.1, -0.05) is 12.1 Å². The van der Waals surface area contributed by atoms with Gasteiger partial charge < -0.3 is 10.6 Å². The van der Waals surface area contributed by atoms with Crippen LogP contribution in [0.2, 0.25) is 0 Å². The van der Waals surface area contributed by atoms with Gasteiger partial charge in [-0.15, -0.1) is 11.8 Å². The quantitative estimate of drug-likeness (QED) is 0.351. The average molecular weight is 297 g/mol. The summed E-state index contributed by atoms with van der Waals surface area (Å²) in [5.74, 6) is 0.744. The third kappa shape index (κ3) is 5.82. The Labute approximate surface area is 125 Å². The highest BCUT2D eigenvalue weighted by Crippen LogP contribution is 2.22. The molecule has 112 valence electrons. The molecule has 0 aliphatic rings. The van der Waals surface area contributed by atoms with Crippen LogP contribution in [0, 0.1) is 6.92 Å². The van der Waals surface area contributed by atoms with Gasteiger partial charge in [0, 0.05) is 18.0 Å². The van der Waals surface area contributed by atoms with Crippen LogP contribution in [-0.4, -0.2) is 32.0 Å². The maximum Gasteiger partial charge on any atom is 0.191 e. The summed E-state index contributed by atoms with van der Waals surface area (Å²) in [5.41, 5.74) is 2.47. The third-order valence-corrected chi connectivity index (χ3v) is 3.62. The number of thioether (sulfide) groups is 1. The first kappa shape index (κ1) is 16.8. The number of hydrogen-bond acceptors (Lipinski definition) is 2. The lowest BCUT2D eigenvalue weighted by Gasteiger charge is -2.11. The zero-order valence-electron chi connectivity index (χ0n) is 12.5. The minimum atomic E-state index is -0.305. The number of guanidine groups is 1. The minimum Gasteiger partial charge on any atom is -0.357 e. The standard InChI is InChI=1S/C15H24FN3S/c1-4-17-15(18-9-5-8-16)19-11-13-7-6-12(2)10-14(13)20-3/h6-7,10H,4-5,8-9,11H2,1-3H3,(H2,17,18,19). The van der Waals surface area contributed by atoms with E-state index in [1.807, 2.05) is 6.92 Å². The maximum absolute atomic E-state index is 12.1. The van der Waals surface area contributed by atoms with Crippen LogP contribution >= 0.6 is 11.8 Å². The molecule has 2 N–H and O–H groups in total. The van der Waals surface area contributed by atoms with Crippen LogP contribution in [0.3, 0.4) is 0 Å². The number of benzene rings is 1. The summed E-state index contributed by atoms with van der Waals surface area (Å²) in [6, 6.07) is 6.41. The molecule has 0 aromatic heterocycles. The van der Waals surface area contributed by atoms with E-state index in [4.69, 9.17) is 0 Å². The Bertz CT molecular complexity index is 435. The summed E-state index contributed by atoms with van der Waals surface area (Å²) >= 11 is 1.74. The van der Waals surface area contributed by atoms with Crippen LogP contribution in [0.25, 0.3) is 0 Å². The number of alkyl halides is 1. The van der Waals surface area contributed by atoms with Crippen molar-refractivity contribution in [3.05, 3.63) is 29.3 Å². The largest absolute Gasteiger partial charge is 0.357 e. The Morgan fingerprint density at radius 1 is 1.35 bits per heavy atom. The van der Waals surface area contributed by atoms with Crippen molar-refractivity contribution in [3.8, 4) is 0 Å². The van der Waals surface area contributed by atoms with Crippen LogP contribution in [-0.2, 0) is 6.54 Å². The van der Waals surface area contributed by atoms with Crippen molar-refractivity contribution in [3.63, 3.8) is 0 Å². The number of halogens is 1. The molecule has 0 bridgehead atoms. The highest BCUT2D eigenvalue weighted by molar-refractivity contribution is 7.98. The van der Waals surface area contributed by atoms with Crippen molar-refractivity contribution in [2.24, 2.45) is 4.99 Å². The normalized spacial score (nSPS) is 11.5. The maximum atomic E-state index is 12.1. The number of nitrogens with one attached hydrogen (secondary N) is 2. The van der Waals surface area contributed by atoms with Crippen molar-refractivity contribution in [2.75, 3.05) is 26.0 Å². The monoisotopic (exact) mass is 297 g/mol. The molecule has 3 nitrogen and oxygen atoms in total. The van der Waals surface area contributed by atoms with Gasteiger partial charge in [0.1, 0.15) is 0 Å². The first-order valence-corrected chi connectivity index (χ1v) is 8.15. The second kappa shape index (κ2) is 9.64. The van der Waals surface area contributed by atoms with Gasteiger partial charge in [0.05, 0.1) is 13.2 Å². The fourth-order valence-corrected chi connectivity index (χ4v) is 2.46. The molecular formula is C15H24FN3S. The molecule has 0 radical (unpaired) electrons. The summed E-state index contributed by atoms with van der Waals surface area (Å²) in [7, 11) is 0. The predicted octanol–water partition coefficient (Wildman–Crippen LogP) is 3.13. The summed E-state index contributed by atoms with van der Waals surface area (Å²) in [6.07, 6.45) is 2.58. The Morgan fingerprint density at radius 2 is 2.15 bits per heavy atom. The molecule has 0 unspecified atom stereocenters. The van der Waals surface area contributed by atoms with Gasteiger partial charge in [-0.2, -0.15) is 0 Å². The Hall–Kier alpha value is -1.23. The molecule has 0 aliphatic heterocycles. The molecule has 1 aromatic carbocycles. The fraction of sp³-hybridized carbons (Fsp3) is 0.533. The van der Waals surface area contributed by atoms with E-state index in [0.29, 0.717) is 19.5 Å². The molecule has 0 fully saturated rings. The van der Waals surface area contributed by atoms with E-state index in [2.05, 4.69) is 47.0 Å². The lowest BCUT2D eigenvalue weighted by molar-refractivity contribution is 0.470. The van der Waals surface area contributed by atoms with Crippen LogP contribution < -0.4 is 10.6 Å². The van der Waals surface area contributed by atoms with Gasteiger partial charge >= 0.3 is 0 Å². The van der Waals surface area contributed by atoms with E-state index in [1.165, 1.54) is 16.0 Å². The molecule has 5 heteroatoms. The summed E-state index contributed by atoms with van der Waals surface area (Å²) < 4.78 is 12.1. The minimum absolute atomic E-state index is 0.305. The fourth-order valence-electron chi connectivity index (χ4n) is 1.76. The van der Waals surface area contributed by atoms with Crippen molar-refractivity contribution in [2.45, 2.75) is 31.7 Å². The SMILES string of the molecule is CCNC(=NCc1ccc(C)cc1SC)NCCCF. The lowest BCUT2D eigenvalue weighted by atomic mass is 10.1. The lowest BCUT2D eigenvalue weighted by Crippen LogP contribution is -2.37. The molecule has 0 spiro atoms. The Morgan fingerprint density at radius 3 is 2.80 bits per heavy atom. The number of aryl methyl sites for hydroxylation is 1. The third-order valence-electron chi connectivity index (χ3n) is 2.80. The second-order valence-electron chi connectivity index (χ2n) is 4.48. The van der Waals surface area contributed by atoms with Crippen molar-refractivity contribution < 1.29 is 4.39 Å². The van der Waals surface area contributed by atoms with Crippen LogP contribution in [0.15, 0.2) is 28.1 Å². The molecule has 1 aromatic rings. The first-order valence-electron chi connectivity index (χ1n) is 6.93. The van der Waals surface area contributed by atoms with Gasteiger partial charge in [0.2, 0.25) is 0 Å². The van der Waals surface area contributed by atoms with Gasteiger partial charge in [-0.05, 0) is 43.7 Å². The van der Waals surface area contributed by atoms with Crippen molar-refractivity contribution in [1.29, 1.82) is 0 Å². The van der Waals surface area contributed by atoms with Crippen LogP contribution in [0.4, 0.5) is 4.39 Å². The Kier molecular flexibility index (Phi) is 8.11. The molecule has 0 heterocycles. The average Bonchev–Trinajstić information content (AvgIpc) is 2.45. The smallest absolute Gasteiger partial charge is 0.191 e. The van der Waals surface area contributed by atoms with E-state index in [1.54, 1.807) is 11.8 Å². The predicted molar refractivity (Wildman–Crippen MR) is 86.4 cm³/mol. The summed E-state index contributed by atoms with van der Waals surface area (Å²) in [5, 5.41) is 6.30. The second-order valence-corrected chi connectivity index (χ2v) is 5.33. The van der Waals surface area contributed by atoms with Crippen molar-refractivity contribution in [1.82, 2.24) is 10.6 Å². The van der Waals surface area contributed by atoms with Gasteiger partial charge in [0.15, 0.2) is 5.96 Å². The number of aliphatic imine (C=N–C) groups is 1. The molecular weight excluding hydrogens is 273 g/mol. The molecule has 0 saturated carbocycles. The number of hydrogen-bond donors (Lipinski definition) is 2. The van der Waals surface area contributed by atoms with E-state index in [9.17, 15) is 4.39 Å². The van der Waals surface area contributed by atoms with Crippen molar-refractivity contribution >= 4 is 17.7 Å². The van der Waals surface area contributed by atoms with E-state index in [0.717, 1.165) is 12.5 Å². The highest BCUT2D eigenvalue weighted by atomic mass is 32.2.